The first-order chi connectivity index (χ1) is 6.75. The summed E-state index contributed by atoms with van der Waals surface area (Å²) < 4.78 is 1.32. The molecule has 1 unspecified atom stereocenters. The second-order valence-electron chi connectivity index (χ2n) is 2.98. The average Bonchev–Trinajstić information content (AvgIpc) is 2.61. The van der Waals surface area contributed by atoms with E-state index in [2.05, 4.69) is 25.9 Å². The fraction of sp³-hybridized carbons (Fsp3) is 0.429. The Morgan fingerprint density at radius 3 is 3.21 bits per heavy atom. The van der Waals surface area contributed by atoms with Gasteiger partial charge >= 0.3 is 0 Å². The van der Waals surface area contributed by atoms with E-state index in [1.165, 1.54) is 4.63 Å². The molecule has 7 nitrogen and oxygen atoms in total. The lowest BCUT2D eigenvalue weighted by Crippen LogP contribution is -2.16. The van der Waals surface area contributed by atoms with E-state index in [9.17, 15) is 0 Å². The largest absolute Gasteiger partial charge is 0.392 e. The first-order valence-corrected chi connectivity index (χ1v) is 4.23. The van der Waals surface area contributed by atoms with Crippen LogP contribution in [0.3, 0.4) is 0 Å². The van der Waals surface area contributed by atoms with Crippen LogP contribution in [0.5, 0.6) is 0 Å². The van der Waals surface area contributed by atoms with Gasteiger partial charge in [-0.05, 0) is 29.5 Å². The Balaban J connectivity index is 2.17. The van der Waals surface area contributed by atoms with Crippen molar-refractivity contribution in [2.75, 3.05) is 11.9 Å². The molecule has 1 atom stereocenters. The van der Waals surface area contributed by atoms with Gasteiger partial charge in [0, 0.05) is 6.54 Å². The van der Waals surface area contributed by atoms with Gasteiger partial charge in [-0.3, -0.25) is 0 Å². The maximum atomic E-state index is 9.05. The van der Waals surface area contributed by atoms with Crippen LogP contribution in [0.1, 0.15) is 6.92 Å². The van der Waals surface area contributed by atoms with Crippen LogP contribution in [-0.2, 0) is 0 Å². The summed E-state index contributed by atoms with van der Waals surface area (Å²) in [6.45, 7) is 2.14. The molecule has 2 aromatic heterocycles. The monoisotopic (exact) mass is 194 g/mol. The van der Waals surface area contributed by atoms with Gasteiger partial charge < -0.3 is 10.4 Å². The van der Waals surface area contributed by atoms with Crippen molar-refractivity contribution in [1.82, 2.24) is 25.3 Å². The van der Waals surface area contributed by atoms with Crippen LogP contribution >= 0.6 is 0 Å². The summed E-state index contributed by atoms with van der Waals surface area (Å²) in [5.41, 5.74) is 0.590. The number of aliphatic hydroxyl groups excluding tert-OH is 1. The summed E-state index contributed by atoms with van der Waals surface area (Å²) in [6, 6.07) is 3.51. The molecule has 0 saturated heterocycles. The SMILES string of the molecule is CC(O)CNc1ccc2nnnn2n1. The van der Waals surface area contributed by atoms with E-state index in [0.29, 0.717) is 18.0 Å². The molecule has 2 aromatic rings. The first kappa shape index (κ1) is 8.82. The summed E-state index contributed by atoms with van der Waals surface area (Å²) in [7, 11) is 0. The molecule has 0 amide bonds. The van der Waals surface area contributed by atoms with Gasteiger partial charge in [-0.2, -0.15) is 0 Å². The third-order valence-corrected chi connectivity index (χ3v) is 1.65. The smallest absolute Gasteiger partial charge is 0.200 e. The first-order valence-electron chi connectivity index (χ1n) is 4.23. The van der Waals surface area contributed by atoms with Crippen molar-refractivity contribution in [2.24, 2.45) is 0 Å². The van der Waals surface area contributed by atoms with Gasteiger partial charge in [0.25, 0.3) is 0 Å². The zero-order valence-electron chi connectivity index (χ0n) is 7.62. The van der Waals surface area contributed by atoms with Crippen molar-refractivity contribution >= 4 is 11.5 Å². The molecule has 7 heteroatoms. The Bertz CT molecular complexity index is 425. The van der Waals surface area contributed by atoms with Crippen molar-refractivity contribution in [3.05, 3.63) is 12.1 Å². The predicted molar refractivity (Wildman–Crippen MR) is 48.7 cm³/mol. The molecule has 0 fully saturated rings. The van der Waals surface area contributed by atoms with Crippen LogP contribution < -0.4 is 5.32 Å². The third-order valence-electron chi connectivity index (χ3n) is 1.65. The number of rotatable bonds is 3. The lowest BCUT2D eigenvalue weighted by Gasteiger charge is -2.06. The number of fused-ring (bicyclic) bond motifs is 1. The van der Waals surface area contributed by atoms with Gasteiger partial charge in [0.05, 0.1) is 6.10 Å². The van der Waals surface area contributed by atoms with Gasteiger partial charge in [0.2, 0.25) is 0 Å². The molecule has 0 aliphatic rings. The predicted octanol–water partition coefficient (Wildman–Crippen LogP) is -0.688. The molecule has 0 saturated carbocycles. The highest BCUT2D eigenvalue weighted by Gasteiger charge is 2.00. The molecule has 14 heavy (non-hydrogen) atoms. The molecular formula is C7H10N6O. The highest BCUT2D eigenvalue weighted by Crippen LogP contribution is 2.02. The number of tetrazole rings is 1. The van der Waals surface area contributed by atoms with Crippen molar-refractivity contribution in [2.45, 2.75) is 13.0 Å². The van der Waals surface area contributed by atoms with E-state index in [4.69, 9.17) is 5.11 Å². The maximum Gasteiger partial charge on any atom is 0.200 e. The van der Waals surface area contributed by atoms with E-state index in [-0.39, 0.29) is 0 Å². The van der Waals surface area contributed by atoms with E-state index < -0.39 is 6.10 Å². The molecule has 0 aromatic carbocycles. The maximum absolute atomic E-state index is 9.05. The summed E-state index contributed by atoms with van der Waals surface area (Å²) >= 11 is 0. The van der Waals surface area contributed by atoms with Crippen LogP contribution in [0.25, 0.3) is 5.65 Å². The van der Waals surface area contributed by atoms with E-state index in [1.807, 2.05) is 0 Å². The van der Waals surface area contributed by atoms with Crippen LogP contribution in [0.2, 0.25) is 0 Å². The highest BCUT2D eigenvalue weighted by atomic mass is 16.3. The topological polar surface area (TPSA) is 88.2 Å². The van der Waals surface area contributed by atoms with Crippen LogP contribution in [0.15, 0.2) is 12.1 Å². The highest BCUT2D eigenvalue weighted by molar-refractivity contribution is 5.41. The molecule has 0 bridgehead atoms. The second kappa shape index (κ2) is 3.54. The molecule has 2 rings (SSSR count). The number of aromatic nitrogens is 5. The molecule has 0 aliphatic heterocycles. The van der Waals surface area contributed by atoms with Gasteiger partial charge in [-0.25, -0.2) is 0 Å². The van der Waals surface area contributed by atoms with Crippen LogP contribution in [-0.4, -0.2) is 43.0 Å². The number of hydrogen-bond donors (Lipinski definition) is 2. The fourth-order valence-electron chi connectivity index (χ4n) is 0.996. The Kier molecular flexibility index (Phi) is 2.23. The Hall–Kier alpha value is -1.76. The van der Waals surface area contributed by atoms with Gasteiger partial charge in [-0.15, -0.1) is 14.8 Å². The Morgan fingerprint density at radius 1 is 1.57 bits per heavy atom. The standard InChI is InChI=1S/C7H10N6O/c1-5(14)4-8-6-2-3-7-9-11-12-13(7)10-6/h2-3,5,14H,4H2,1H3,(H,8,10). The molecule has 2 N–H and O–H groups in total. The van der Waals surface area contributed by atoms with E-state index >= 15 is 0 Å². The summed E-state index contributed by atoms with van der Waals surface area (Å²) in [5.74, 6) is 0.630. The Morgan fingerprint density at radius 2 is 2.43 bits per heavy atom. The summed E-state index contributed by atoms with van der Waals surface area (Å²) in [6.07, 6.45) is -0.415. The van der Waals surface area contributed by atoms with Gasteiger partial charge in [0.15, 0.2) is 5.65 Å². The van der Waals surface area contributed by atoms with Gasteiger partial charge in [0.1, 0.15) is 5.82 Å². The number of anilines is 1. The number of nitrogens with zero attached hydrogens (tertiary/aromatic N) is 5. The molecule has 74 valence electrons. The third kappa shape index (κ3) is 1.77. The second-order valence-corrected chi connectivity index (χ2v) is 2.98. The molecule has 0 spiro atoms. The van der Waals surface area contributed by atoms with Gasteiger partial charge in [-0.1, -0.05) is 0 Å². The lowest BCUT2D eigenvalue weighted by molar-refractivity contribution is 0.208. The van der Waals surface area contributed by atoms with Crippen molar-refractivity contribution in [3.63, 3.8) is 0 Å². The molecule has 0 aliphatic carbocycles. The minimum absolute atomic E-state index is 0.415. The zero-order valence-corrected chi connectivity index (χ0v) is 7.62. The molecule has 0 radical (unpaired) electrons. The minimum Gasteiger partial charge on any atom is -0.392 e. The average molecular weight is 194 g/mol. The molecule has 2 heterocycles. The summed E-state index contributed by atoms with van der Waals surface area (Å²) in [4.78, 5) is 0. The van der Waals surface area contributed by atoms with Crippen LogP contribution in [0.4, 0.5) is 5.82 Å². The van der Waals surface area contributed by atoms with Crippen molar-refractivity contribution < 1.29 is 5.11 Å². The molecular weight excluding hydrogens is 184 g/mol. The number of nitrogens with one attached hydrogen (secondary N) is 1. The van der Waals surface area contributed by atoms with Crippen LogP contribution in [0, 0.1) is 0 Å². The Labute approximate surface area is 79.7 Å². The van der Waals surface area contributed by atoms with E-state index in [1.54, 1.807) is 19.1 Å². The lowest BCUT2D eigenvalue weighted by atomic mass is 10.4. The number of aliphatic hydroxyl groups is 1. The quantitative estimate of drug-likeness (QED) is 0.672. The number of hydrogen-bond acceptors (Lipinski definition) is 6. The minimum atomic E-state index is -0.415. The summed E-state index contributed by atoms with van der Waals surface area (Å²) in [5, 5.41) is 26.9. The van der Waals surface area contributed by atoms with E-state index in [0.717, 1.165) is 0 Å². The normalized spacial score (nSPS) is 13.0. The fourth-order valence-corrected chi connectivity index (χ4v) is 0.996. The van der Waals surface area contributed by atoms with Crippen molar-refractivity contribution in [3.8, 4) is 0 Å². The van der Waals surface area contributed by atoms with Crippen molar-refractivity contribution in [1.29, 1.82) is 0 Å². The zero-order chi connectivity index (χ0) is 9.97.